The third kappa shape index (κ3) is 14.6. The van der Waals surface area contributed by atoms with Crippen molar-refractivity contribution in [3.63, 3.8) is 0 Å². The summed E-state index contributed by atoms with van der Waals surface area (Å²) in [6.45, 7) is 0. The van der Waals surface area contributed by atoms with Crippen molar-refractivity contribution in [2.24, 2.45) is 40.4 Å². The lowest BCUT2D eigenvalue weighted by Gasteiger charge is -2.12. The Balaban J connectivity index is 1.01. The van der Waals surface area contributed by atoms with Crippen molar-refractivity contribution >= 4 is 143 Å². The number of halogens is 4. The SMILES string of the molecule is O=C(O)c1cc(Cc2ccc(N=Nc3c(S(=O)(=O)O)cc4cc(S(=O)(=O)O)cc(N=c5[nH]c(Cl)nc(=Nc6ccccc6F)[nH]5)c4c3O)c(C(=O)O)c2)ccc1N=Nc1c(S(=O)(=O)O)cc2cc(S(=O)(=O)O)cc(N=c3[nH]c(Cl)nc(=Nc4ccccc4F)[nH]3)c2c1O. The summed E-state index contributed by atoms with van der Waals surface area (Å²) in [4.78, 5) is 55.6. The molecule has 0 fully saturated rings. The molecule has 0 saturated carbocycles. The van der Waals surface area contributed by atoms with Crippen LogP contribution in [-0.2, 0) is 46.9 Å². The second-order valence-corrected chi connectivity index (χ2v) is 25.4. The normalized spacial score (nSPS) is 13.3. The highest BCUT2D eigenvalue weighted by atomic mass is 35.5. The fraction of sp³-hybridized carbons (Fsp3) is 0.0189. The van der Waals surface area contributed by atoms with Gasteiger partial charge >= 0.3 is 11.9 Å². The molecule has 0 aliphatic rings. The summed E-state index contributed by atoms with van der Waals surface area (Å²) >= 11 is 12.3. The van der Waals surface area contributed by atoms with E-state index in [0.717, 1.165) is 36.4 Å². The number of carboxylic acids is 2. The van der Waals surface area contributed by atoms with Crippen LogP contribution in [0.1, 0.15) is 31.8 Å². The van der Waals surface area contributed by atoms with E-state index in [2.05, 4.69) is 70.3 Å². The van der Waals surface area contributed by atoms with Gasteiger partial charge in [0.2, 0.25) is 33.0 Å². The molecule has 32 nitrogen and oxygen atoms in total. The van der Waals surface area contributed by atoms with E-state index in [1.807, 2.05) is 0 Å². The Morgan fingerprint density at radius 3 is 1.17 bits per heavy atom. The molecule has 0 aliphatic heterocycles. The topological polar surface area (TPSA) is 520 Å². The summed E-state index contributed by atoms with van der Waals surface area (Å²) in [5.74, 6) is -7.23. The summed E-state index contributed by atoms with van der Waals surface area (Å²) in [5.41, 5.74) is -7.36. The van der Waals surface area contributed by atoms with Crippen LogP contribution in [0.5, 0.6) is 11.5 Å². The molecule has 0 radical (unpaired) electrons. The number of hydrogen-bond donors (Lipinski definition) is 12. The summed E-state index contributed by atoms with van der Waals surface area (Å²) in [7, 11) is -21.2. The van der Waals surface area contributed by atoms with Gasteiger partial charge in [0.1, 0.15) is 55.5 Å². The Hall–Kier alpha value is -10.7. The van der Waals surface area contributed by atoms with Crippen molar-refractivity contribution in [2.75, 3.05) is 0 Å². The van der Waals surface area contributed by atoms with Crippen LogP contribution in [0.4, 0.5) is 54.3 Å². The molecule has 0 aliphatic carbocycles. The maximum Gasteiger partial charge on any atom is 0.337 e. The average molecular weight is 1390 g/mol. The third-order valence-corrected chi connectivity index (χ3v) is 16.6. The van der Waals surface area contributed by atoms with Gasteiger partial charge in [-0.3, -0.25) is 28.2 Å². The first-order valence-electron chi connectivity index (χ1n) is 25.2. The monoisotopic (exact) mass is 1390 g/mol. The fourth-order valence-corrected chi connectivity index (χ4v) is 11.6. The predicted octanol–water partition coefficient (Wildman–Crippen LogP) is 8.83. The van der Waals surface area contributed by atoms with Crippen LogP contribution in [0, 0.1) is 11.6 Å². The summed E-state index contributed by atoms with van der Waals surface area (Å²) in [6.07, 6.45) is -0.270. The number of H-pyrrole nitrogens is 4. The zero-order valence-corrected chi connectivity index (χ0v) is 50.3. The van der Waals surface area contributed by atoms with Crippen molar-refractivity contribution in [1.82, 2.24) is 29.9 Å². The maximum atomic E-state index is 14.5. The van der Waals surface area contributed by atoms with E-state index in [0.29, 0.717) is 36.4 Å². The largest absolute Gasteiger partial charge is 0.505 e. The number of rotatable bonds is 16. The molecule has 476 valence electrons. The quantitative estimate of drug-likeness (QED) is 0.0317. The lowest BCUT2D eigenvalue weighted by Crippen LogP contribution is -2.26. The number of aromatic amines is 4. The van der Waals surface area contributed by atoms with Crippen molar-refractivity contribution < 1.29 is 90.7 Å². The molecular formula is C53H34Cl2F2N14O18S4. The minimum Gasteiger partial charge on any atom is -0.505 e. The average Bonchev–Trinajstić information content (AvgIpc) is 0.756. The fourth-order valence-electron chi connectivity index (χ4n) is 8.82. The van der Waals surface area contributed by atoms with Crippen LogP contribution in [0.25, 0.3) is 21.5 Å². The first-order valence-corrected chi connectivity index (χ1v) is 31.7. The van der Waals surface area contributed by atoms with Gasteiger partial charge in [0.05, 0.1) is 43.1 Å². The Labute approximate surface area is 526 Å². The van der Waals surface area contributed by atoms with E-state index >= 15 is 0 Å². The van der Waals surface area contributed by atoms with Crippen LogP contribution < -0.4 is 22.5 Å². The maximum absolute atomic E-state index is 14.5. The van der Waals surface area contributed by atoms with Crippen molar-refractivity contribution in [2.45, 2.75) is 26.0 Å². The van der Waals surface area contributed by atoms with Gasteiger partial charge in [0.25, 0.3) is 40.5 Å². The number of fused-ring (bicyclic) bond motifs is 2. The molecule has 2 heterocycles. The number of aromatic nitrogens is 6. The van der Waals surface area contributed by atoms with E-state index < -0.39 is 184 Å². The Morgan fingerprint density at radius 1 is 0.452 bits per heavy atom. The van der Waals surface area contributed by atoms with Gasteiger partial charge in [-0.1, -0.05) is 36.4 Å². The molecule has 8 aromatic carbocycles. The summed E-state index contributed by atoms with van der Waals surface area (Å²) in [5, 5.41) is 56.6. The Kier molecular flexibility index (Phi) is 17.7. The number of nitrogens with one attached hydrogen (secondary N) is 4. The minimum atomic E-state index is -5.46. The van der Waals surface area contributed by atoms with Gasteiger partial charge < -0.3 is 30.4 Å². The molecule has 40 heteroatoms. The van der Waals surface area contributed by atoms with Gasteiger partial charge in [0.15, 0.2) is 11.5 Å². The standard InChI is InChI=1S/C53H34Cl2F2N14O18S4/c54-48-62-50(58-34-7-3-1-5-30(34)56)66-52(64-48)60-36-20-26(90(78,79)80)16-24-18-38(92(84,85)86)42(44(72)40(24)36)70-68-32-11-9-22(14-28(32)46(74)75)13-23-10-12-33(29(15-23)47(76)77)69-71-43-39(93(87,88)89)19-25-17-27(91(81,82)83)21-37(41(25)45(43)73)61-53-65-49(55)63-51(67-53)59-35-8-4-2-6-31(35)57/h1-12,14-21,72-73H,13H2,(H,74,75)(H,76,77)(H,78,79,80)(H,81,82,83)(H,84,85,86)(H,87,88,89)(H2,58,60,62,64,66)(H2,59,61,63,65,67). The predicted molar refractivity (Wildman–Crippen MR) is 318 cm³/mol. The number of phenols is 2. The number of azo groups is 2. The first kappa shape index (κ1) is 65.3. The van der Waals surface area contributed by atoms with Crippen molar-refractivity contribution in [1.29, 1.82) is 0 Å². The van der Waals surface area contributed by atoms with E-state index in [4.69, 9.17) is 23.2 Å². The number of hydrogen-bond acceptors (Lipinski definition) is 22. The van der Waals surface area contributed by atoms with Crippen LogP contribution in [0.15, 0.2) is 181 Å². The molecule has 0 unspecified atom stereocenters. The minimum absolute atomic E-state index is 0.136. The molecule has 2 aromatic heterocycles. The number of carbonyl (C=O) groups is 2. The van der Waals surface area contributed by atoms with Gasteiger partial charge in [-0.05, 0) is 136 Å². The molecule has 12 N–H and O–H groups in total. The molecule has 0 amide bonds. The molecule has 0 spiro atoms. The molecule has 10 rings (SSSR count). The van der Waals surface area contributed by atoms with E-state index in [9.17, 15) is 90.7 Å². The highest BCUT2D eigenvalue weighted by Gasteiger charge is 2.28. The second-order valence-electron chi connectivity index (χ2n) is 19.0. The third-order valence-electron chi connectivity index (χ3n) is 12.8. The number of phenolic OH excluding ortho intramolecular Hbond substituents is 2. The summed E-state index contributed by atoms with van der Waals surface area (Å²) in [6, 6.07) is 21.2. The van der Waals surface area contributed by atoms with E-state index in [-0.39, 0.29) is 40.2 Å². The van der Waals surface area contributed by atoms with Gasteiger partial charge in [-0.2, -0.15) is 43.6 Å². The number of benzene rings is 8. The molecule has 0 bridgehead atoms. The number of aromatic hydroxyl groups is 2. The van der Waals surface area contributed by atoms with E-state index in [1.165, 1.54) is 48.5 Å². The van der Waals surface area contributed by atoms with Crippen LogP contribution in [0.2, 0.25) is 10.6 Å². The molecule has 0 atom stereocenters. The zero-order chi connectivity index (χ0) is 67.2. The van der Waals surface area contributed by atoms with Gasteiger partial charge in [-0.25, -0.2) is 38.3 Å². The lowest BCUT2D eigenvalue weighted by atomic mass is 9.99. The zero-order valence-electron chi connectivity index (χ0n) is 45.5. The first-order chi connectivity index (χ1) is 43.7. The Bertz CT molecular complexity index is 5400. The van der Waals surface area contributed by atoms with Gasteiger partial charge in [-0.15, -0.1) is 20.5 Å². The second kappa shape index (κ2) is 25.2. The highest BCUT2D eigenvalue weighted by molar-refractivity contribution is 7.86. The van der Waals surface area contributed by atoms with Crippen LogP contribution in [0.3, 0.4) is 0 Å². The van der Waals surface area contributed by atoms with Crippen molar-refractivity contribution in [3.8, 4) is 11.5 Å². The Morgan fingerprint density at radius 2 is 0.828 bits per heavy atom. The van der Waals surface area contributed by atoms with Crippen molar-refractivity contribution in [3.05, 3.63) is 188 Å². The van der Waals surface area contributed by atoms with E-state index in [1.54, 1.807) is 0 Å². The molecule has 0 saturated heterocycles. The summed E-state index contributed by atoms with van der Waals surface area (Å²) < 4.78 is 171. The number of nitrogens with zero attached hydrogens (tertiary/aromatic N) is 10. The smallest absolute Gasteiger partial charge is 0.337 e. The highest BCUT2D eigenvalue weighted by Crippen LogP contribution is 2.48. The number of para-hydroxylation sites is 2. The number of aromatic carboxylic acids is 2. The number of carboxylic acid groups (broad SMARTS) is 2. The lowest BCUT2D eigenvalue weighted by molar-refractivity contribution is 0.0687. The molecule has 93 heavy (non-hydrogen) atoms. The molecular weight excluding hydrogens is 1360 g/mol. The molecule has 10 aromatic rings. The van der Waals surface area contributed by atoms with Crippen LogP contribution in [-0.4, -0.2) is 114 Å². The van der Waals surface area contributed by atoms with Crippen LogP contribution >= 0.6 is 23.2 Å². The van der Waals surface area contributed by atoms with Gasteiger partial charge in [0, 0.05) is 0 Å².